The average Bonchev–Trinajstić information content (AvgIpc) is 2.96. The highest BCUT2D eigenvalue weighted by atomic mass is 79.9. The van der Waals surface area contributed by atoms with E-state index < -0.39 is 0 Å². The Balaban J connectivity index is 1.61. The second-order valence-corrected chi connectivity index (χ2v) is 8.59. The minimum absolute atomic E-state index is 0.373. The van der Waals surface area contributed by atoms with Crippen molar-refractivity contribution in [3.8, 4) is 0 Å². The molecule has 2 fully saturated rings. The average molecular weight is 345 g/mol. The van der Waals surface area contributed by atoms with E-state index in [1.165, 1.54) is 46.5 Å². The molecule has 0 unspecified atom stereocenters. The Morgan fingerprint density at radius 3 is 2.83 bits per heavy atom. The van der Waals surface area contributed by atoms with Gasteiger partial charge in [0, 0.05) is 16.2 Å². The fourth-order valence-corrected chi connectivity index (χ4v) is 5.30. The third kappa shape index (κ3) is 2.94. The van der Waals surface area contributed by atoms with Crippen LogP contribution >= 0.6 is 39.0 Å². The lowest BCUT2D eigenvalue weighted by molar-refractivity contribution is 0.303. The van der Waals surface area contributed by atoms with Gasteiger partial charge in [-0.3, -0.25) is 4.99 Å². The van der Waals surface area contributed by atoms with Crippen molar-refractivity contribution in [2.75, 3.05) is 5.75 Å². The molecule has 2 heterocycles. The largest absolute Gasteiger partial charge is 0.359 e. The molecule has 0 atom stereocenters. The van der Waals surface area contributed by atoms with Gasteiger partial charge in [0.25, 0.3) is 0 Å². The van der Waals surface area contributed by atoms with Crippen LogP contribution in [0.3, 0.4) is 0 Å². The number of halogens is 1. The molecule has 1 aliphatic carbocycles. The Labute approximate surface area is 125 Å². The molecule has 98 valence electrons. The molecule has 3 rings (SSSR count). The summed E-state index contributed by atoms with van der Waals surface area (Å²) >= 11 is 7.17. The third-order valence-corrected chi connectivity index (χ3v) is 6.49. The van der Waals surface area contributed by atoms with E-state index in [0.717, 1.165) is 11.7 Å². The zero-order valence-electron chi connectivity index (χ0n) is 10.2. The number of thiophene rings is 1. The number of hydrogen-bond donors (Lipinski definition) is 1. The zero-order valence-corrected chi connectivity index (χ0v) is 13.5. The topological polar surface area (TPSA) is 24.4 Å². The van der Waals surface area contributed by atoms with Crippen molar-refractivity contribution in [2.24, 2.45) is 4.99 Å². The molecule has 1 aromatic heterocycles. The minimum atomic E-state index is 0.373. The summed E-state index contributed by atoms with van der Waals surface area (Å²) in [6, 6.07) is 4.24. The summed E-state index contributed by atoms with van der Waals surface area (Å²) in [5.74, 6) is 1.21. The summed E-state index contributed by atoms with van der Waals surface area (Å²) < 4.78 is 1.19. The van der Waals surface area contributed by atoms with Gasteiger partial charge in [0.15, 0.2) is 5.17 Å². The molecular formula is C13H17BrN2S2. The van der Waals surface area contributed by atoms with E-state index in [1.807, 2.05) is 11.8 Å². The molecule has 1 aromatic rings. The summed E-state index contributed by atoms with van der Waals surface area (Å²) in [6.07, 6.45) is 6.80. The van der Waals surface area contributed by atoms with Crippen LogP contribution in [0.5, 0.6) is 0 Å². The fourth-order valence-electron chi connectivity index (χ4n) is 2.68. The number of nitrogens with zero attached hydrogens (tertiary/aromatic N) is 1. The van der Waals surface area contributed by atoms with E-state index in [4.69, 9.17) is 4.99 Å². The molecule has 5 heteroatoms. The number of rotatable bonds is 2. The van der Waals surface area contributed by atoms with Crippen LogP contribution in [0.25, 0.3) is 0 Å². The minimum Gasteiger partial charge on any atom is -0.359 e. The maximum Gasteiger partial charge on any atom is 0.157 e. The summed E-state index contributed by atoms with van der Waals surface area (Å²) in [6.45, 7) is 0.807. The van der Waals surface area contributed by atoms with Gasteiger partial charge in [0.05, 0.1) is 10.3 Å². The van der Waals surface area contributed by atoms with E-state index in [9.17, 15) is 0 Å². The number of amidine groups is 1. The van der Waals surface area contributed by atoms with Gasteiger partial charge < -0.3 is 5.32 Å². The van der Waals surface area contributed by atoms with Crippen LogP contribution in [0.1, 0.15) is 37.0 Å². The summed E-state index contributed by atoms with van der Waals surface area (Å²) in [4.78, 5) is 6.04. The van der Waals surface area contributed by atoms with Crippen LogP contribution in [0.4, 0.5) is 0 Å². The molecule has 2 aliphatic rings. The Bertz CT molecular complexity index is 450. The van der Waals surface area contributed by atoms with Crippen molar-refractivity contribution >= 4 is 44.2 Å². The Kier molecular flexibility index (Phi) is 4.01. The van der Waals surface area contributed by atoms with Gasteiger partial charge in [-0.25, -0.2) is 0 Å². The van der Waals surface area contributed by atoms with Crippen LogP contribution < -0.4 is 5.32 Å². The lowest BCUT2D eigenvalue weighted by Crippen LogP contribution is -2.45. The molecule has 18 heavy (non-hydrogen) atoms. The van der Waals surface area contributed by atoms with E-state index in [2.05, 4.69) is 33.4 Å². The third-order valence-electron chi connectivity index (χ3n) is 3.68. The quantitative estimate of drug-likeness (QED) is 0.859. The second kappa shape index (κ2) is 5.55. The molecule has 1 saturated heterocycles. The number of hydrogen-bond acceptors (Lipinski definition) is 3. The monoisotopic (exact) mass is 344 g/mol. The smallest absolute Gasteiger partial charge is 0.157 e. The molecule has 2 nitrogen and oxygen atoms in total. The molecule has 1 N–H and O–H groups in total. The van der Waals surface area contributed by atoms with Crippen molar-refractivity contribution in [3.05, 3.63) is 20.8 Å². The first-order valence-electron chi connectivity index (χ1n) is 6.45. The molecule has 0 radical (unpaired) electrons. The highest BCUT2D eigenvalue weighted by molar-refractivity contribution is 9.11. The van der Waals surface area contributed by atoms with Gasteiger partial charge in [0.2, 0.25) is 0 Å². The summed E-state index contributed by atoms with van der Waals surface area (Å²) in [7, 11) is 0. The SMILES string of the molecule is Brc1ccc(CN=C2NC3(CCCCC3)CS2)s1. The van der Waals surface area contributed by atoms with Gasteiger partial charge in [-0.2, -0.15) is 0 Å². The fraction of sp³-hybridized carbons (Fsp3) is 0.615. The normalized spacial score (nSPS) is 24.6. The molecule has 0 bridgehead atoms. The molecule has 1 aliphatic heterocycles. The highest BCUT2D eigenvalue weighted by Crippen LogP contribution is 2.36. The standard InChI is InChI=1S/C13H17BrN2S2/c14-11-5-4-10(18-11)8-15-12-16-13(9-17-12)6-2-1-3-7-13/h4-5H,1-3,6-9H2,(H,15,16). The number of nitrogens with one attached hydrogen (secondary N) is 1. The Morgan fingerprint density at radius 1 is 1.28 bits per heavy atom. The molecule has 1 spiro atoms. The van der Waals surface area contributed by atoms with Crippen LogP contribution in [0, 0.1) is 0 Å². The maximum absolute atomic E-state index is 4.71. The first-order valence-corrected chi connectivity index (χ1v) is 9.05. The van der Waals surface area contributed by atoms with Gasteiger partial charge in [0.1, 0.15) is 0 Å². The second-order valence-electron chi connectivity index (χ2n) is 5.08. The van der Waals surface area contributed by atoms with Crippen molar-refractivity contribution < 1.29 is 0 Å². The first-order chi connectivity index (χ1) is 8.76. The molecule has 0 aromatic carbocycles. The van der Waals surface area contributed by atoms with E-state index in [-0.39, 0.29) is 0 Å². The van der Waals surface area contributed by atoms with Crippen molar-refractivity contribution in [1.29, 1.82) is 0 Å². The number of aliphatic imine (C=N–C) groups is 1. The maximum atomic E-state index is 4.71. The zero-order chi connectivity index (χ0) is 12.4. The Morgan fingerprint density at radius 2 is 2.11 bits per heavy atom. The van der Waals surface area contributed by atoms with E-state index in [0.29, 0.717) is 5.54 Å². The first kappa shape index (κ1) is 13.0. The van der Waals surface area contributed by atoms with Crippen molar-refractivity contribution in [2.45, 2.75) is 44.2 Å². The predicted octanol–water partition coefficient (Wildman–Crippen LogP) is 4.41. The van der Waals surface area contributed by atoms with Crippen LogP contribution in [0.15, 0.2) is 20.9 Å². The van der Waals surface area contributed by atoms with Gasteiger partial charge in [-0.1, -0.05) is 31.0 Å². The molecule has 0 amide bonds. The summed E-state index contributed by atoms with van der Waals surface area (Å²) in [5, 5.41) is 4.84. The molecule has 1 saturated carbocycles. The van der Waals surface area contributed by atoms with Crippen LogP contribution in [-0.2, 0) is 6.54 Å². The van der Waals surface area contributed by atoms with Gasteiger partial charge in [-0.05, 0) is 40.9 Å². The molecular weight excluding hydrogens is 328 g/mol. The van der Waals surface area contributed by atoms with Gasteiger partial charge >= 0.3 is 0 Å². The Hall–Kier alpha value is -0.0000000000000000833. The number of thioether (sulfide) groups is 1. The van der Waals surface area contributed by atoms with E-state index in [1.54, 1.807) is 11.3 Å². The lowest BCUT2D eigenvalue weighted by atomic mass is 9.83. The van der Waals surface area contributed by atoms with Crippen LogP contribution in [0.2, 0.25) is 0 Å². The van der Waals surface area contributed by atoms with Gasteiger partial charge in [-0.15, -0.1) is 11.3 Å². The van der Waals surface area contributed by atoms with Crippen molar-refractivity contribution in [1.82, 2.24) is 5.32 Å². The van der Waals surface area contributed by atoms with Crippen LogP contribution in [-0.4, -0.2) is 16.5 Å². The van der Waals surface area contributed by atoms with E-state index >= 15 is 0 Å². The van der Waals surface area contributed by atoms with Crippen molar-refractivity contribution in [3.63, 3.8) is 0 Å². The lowest BCUT2D eigenvalue weighted by Gasteiger charge is -2.32. The summed E-state index contributed by atoms with van der Waals surface area (Å²) in [5.41, 5.74) is 0.373. The highest BCUT2D eigenvalue weighted by Gasteiger charge is 2.37. The predicted molar refractivity (Wildman–Crippen MR) is 84.6 cm³/mol.